The Hall–Kier alpha value is -2.23. The fourth-order valence-corrected chi connectivity index (χ4v) is 3.12. The Labute approximate surface area is 146 Å². The molecule has 1 fully saturated rings. The molecule has 1 unspecified atom stereocenters. The topological polar surface area (TPSA) is 113 Å². The van der Waals surface area contributed by atoms with Gasteiger partial charge in [-0.25, -0.2) is 13.1 Å². The van der Waals surface area contributed by atoms with Crippen LogP contribution in [-0.2, 0) is 24.3 Å². The monoisotopic (exact) mass is 368 g/mol. The number of amides is 1. The van der Waals surface area contributed by atoms with Crippen LogP contribution in [-0.4, -0.2) is 63.1 Å². The van der Waals surface area contributed by atoms with Crippen LogP contribution in [0.15, 0.2) is 35.2 Å². The van der Waals surface area contributed by atoms with Gasteiger partial charge in [0.25, 0.3) is 0 Å². The molecule has 9 heteroatoms. The number of rotatable bonds is 6. The smallest absolute Gasteiger partial charge is 0.306 e. The van der Waals surface area contributed by atoms with Crippen LogP contribution in [0.4, 0.5) is 0 Å². The minimum absolute atomic E-state index is 0.142. The van der Waals surface area contributed by atoms with E-state index in [9.17, 15) is 18.0 Å². The van der Waals surface area contributed by atoms with Crippen LogP contribution in [0, 0.1) is 0 Å². The van der Waals surface area contributed by atoms with Gasteiger partial charge in [0.2, 0.25) is 15.9 Å². The van der Waals surface area contributed by atoms with Crippen molar-refractivity contribution in [2.24, 2.45) is 0 Å². The predicted molar refractivity (Wildman–Crippen MR) is 90.3 cm³/mol. The fourth-order valence-electron chi connectivity index (χ4n) is 2.39. The highest BCUT2D eigenvalue weighted by molar-refractivity contribution is 7.89. The minimum Gasteiger partial charge on any atom is -0.481 e. The summed E-state index contributed by atoms with van der Waals surface area (Å²) in [6.45, 7) is 0.932. The lowest BCUT2D eigenvalue weighted by molar-refractivity contribution is -0.145. The third kappa shape index (κ3) is 5.38. The molecule has 0 aromatic heterocycles. The van der Waals surface area contributed by atoms with Gasteiger partial charge in [0, 0.05) is 19.2 Å². The molecule has 1 atom stereocenters. The number of carbonyl (C=O) groups excluding carboxylic acids is 1. The Morgan fingerprint density at radius 2 is 2.04 bits per heavy atom. The van der Waals surface area contributed by atoms with Gasteiger partial charge < -0.3 is 14.7 Å². The number of carboxylic acid groups (broad SMARTS) is 1. The molecule has 0 bridgehead atoms. The molecular formula is C16H20N2O6S. The summed E-state index contributed by atoms with van der Waals surface area (Å²) in [5.41, 5.74) is 0.679. The Kier molecular flexibility index (Phi) is 6.29. The summed E-state index contributed by atoms with van der Waals surface area (Å²) in [7, 11) is -2.16. The average molecular weight is 368 g/mol. The Morgan fingerprint density at radius 3 is 2.64 bits per heavy atom. The van der Waals surface area contributed by atoms with Crippen molar-refractivity contribution < 1.29 is 27.9 Å². The zero-order valence-electron chi connectivity index (χ0n) is 13.7. The Morgan fingerprint density at radius 1 is 1.36 bits per heavy atom. The second kappa shape index (κ2) is 8.24. The van der Waals surface area contributed by atoms with Crippen LogP contribution >= 0.6 is 0 Å². The number of hydrogen-bond donors (Lipinski definition) is 2. The lowest BCUT2D eigenvalue weighted by Gasteiger charge is -2.31. The number of carboxylic acids is 1. The van der Waals surface area contributed by atoms with Crippen molar-refractivity contribution in [1.29, 1.82) is 0 Å². The first kappa shape index (κ1) is 19.1. The number of sulfonamides is 1. The van der Waals surface area contributed by atoms with Crippen LogP contribution < -0.4 is 4.72 Å². The van der Waals surface area contributed by atoms with E-state index >= 15 is 0 Å². The number of benzene rings is 1. The number of aliphatic carboxylic acids is 1. The summed E-state index contributed by atoms with van der Waals surface area (Å²) in [5, 5.41) is 8.80. The minimum atomic E-state index is -3.49. The first-order valence-corrected chi connectivity index (χ1v) is 9.14. The zero-order valence-corrected chi connectivity index (χ0v) is 14.5. The Bertz CT molecular complexity index is 757. The summed E-state index contributed by atoms with van der Waals surface area (Å²) >= 11 is 0. The van der Waals surface area contributed by atoms with Crippen LogP contribution in [0.5, 0.6) is 0 Å². The van der Waals surface area contributed by atoms with E-state index in [4.69, 9.17) is 9.84 Å². The highest BCUT2D eigenvalue weighted by Crippen LogP contribution is 2.13. The van der Waals surface area contributed by atoms with Crippen LogP contribution in [0.2, 0.25) is 0 Å². The fraction of sp³-hybridized carbons (Fsp3) is 0.375. The molecule has 0 saturated carbocycles. The van der Waals surface area contributed by atoms with Gasteiger partial charge >= 0.3 is 5.97 Å². The van der Waals surface area contributed by atoms with Gasteiger partial charge in [0.1, 0.15) is 0 Å². The van der Waals surface area contributed by atoms with E-state index in [2.05, 4.69) is 4.72 Å². The van der Waals surface area contributed by atoms with Crippen molar-refractivity contribution in [2.75, 3.05) is 26.7 Å². The molecule has 25 heavy (non-hydrogen) atoms. The SMILES string of the molecule is CNS(=O)(=O)c1ccc(C=CC(=O)N2CCOC(CC(=O)O)C2)cc1. The quantitative estimate of drug-likeness (QED) is 0.699. The van der Waals surface area contributed by atoms with Gasteiger partial charge in [-0.05, 0) is 30.8 Å². The molecule has 1 amide bonds. The van der Waals surface area contributed by atoms with Gasteiger partial charge in [-0.1, -0.05) is 12.1 Å². The van der Waals surface area contributed by atoms with Gasteiger partial charge in [0.05, 0.1) is 24.0 Å². The number of ether oxygens (including phenoxy) is 1. The molecule has 2 N–H and O–H groups in total. The maximum atomic E-state index is 12.2. The van der Waals surface area contributed by atoms with Crippen LogP contribution in [0.1, 0.15) is 12.0 Å². The Balaban J connectivity index is 1.99. The average Bonchev–Trinajstić information content (AvgIpc) is 2.59. The summed E-state index contributed by atoms with van der Waals surface area (Å²) in [6, 6.07) is 6.10. The van der Waals surface area contributed by atoms with Crippen molar-refractivity contribution in [2.45, 2.75) is 17.4 Å². The van der Waals surface area contributed by atoms with Crippen LogP contribution in [0.3, 0.4) is 0 Å². The molecule has 1 aliphatic heterocycles. The molecule has 0 aliphatic carbocycles. The van der Waals surface area contributed by atoms with E-state index in [1.807, 2.05) is 0 Å². The third-order valence-corrected chi connectivity index (χ3v) is 5.16. The maximum absolute atomic E-state index is 12.2. The van der Waals surface area contributed by atoms with Gasteiger partial charge in [-0.3, -0.25) is 9.59 Å². The highest BCUT2D eigenvalue weighted by atomic mass is 32.2. The lowest BCUT2D eigenvalue weighted by atomic mass is 10.2. The van der Waals surface area contributed by atoms with E-state index in [1.165, 1.54) is 30.2 Å². The maximum Gasteiger partial charge on any atom is 0.306 e. The van der Waals surface area contributed by atoms with Crippen LogP contribution in [0.25, 0.3) is 6.08 Å². The largest absolute Gasteiger partial charge is 0.481 e. The summed E-state index contributed by atoms with van der Waals surface area (Å²) in [6.07, 6.45) is 2.31. The van der Waals surface area contributed by atoms with Crippen molar-refractivity contribution in [3.63, 3.8) is 0 Å². The first-order valence-electron chi connectivity index (χ1n) is 7.66. The zero-order chi connectivity index (χ0) is 18.4. The molecule has 0 radical (unpaired) electrons. The van der Waals surface area contributed by atoms with E-state index in [0.29, 0.717) is 18.7 Å². The molecule has 1 aliphatic rings. The second-order valence-electron chi connectivity index (χ2n) is 5.48. The van der Waals surface area contributed by atoms with E-state index in [1.54, 1.807) is 18.2 Å². The van der Waals surface area contributed by atoms with E-state index in [0.717, 1.165) is 0 Å². The van der Waals surface area contributed by atoms with E-state index < -0.39 is 22.1 Å². The molecule has 1 aromatic carbocycles. The standard InChI is InChI=1S/C16H20N2O6S/c1-17-25(22,23)14-5-2-12(3-6-14)4-7-15(19)18-8-9-24-13(11-18)10-16(20)21/h2-7,13,17H,8-11H2,1H3,(H,20,21). The summed E-state index contributed by atoms with van der Waals surface area (Å²) in [5.74, 6) is -1.21. The van der Waals surface area contributed by atoms with Gasteiger partial charge in [-0.15, -0.1) is 0 Å². The van der Waals surface area contributed by atoms with Gasteiger partial charge in [0.15, 0.2) is 0 Å². The molecule has 2 rings (SSSR count). The molecule has 1 heterocycles. The predicted octanol–water partition coefficient (Wildman–Crippen LogP) is 0.310. The second-order valence-corrected chi connectivity index (χ2v) is 7.37. The number of morpholine rings is 1. The number of hydrogen-bond acceptors (Lipinski definition) is 5. The summed E-state index contributed by atoms with van der Waals surface area (Å²) < 4.78 is 30.9. The third-order valence-electron chi connectivity index (χ3n) is 3.73. The summed E-state index contributed by atoms with van der Waals surface area (Å²) in [4.78, 5) is 24.6. The molecular weight excluding hydrogens is 348 g/mol. The van der Waals surface area contributed by atoms with Gasteiger partial charge in [-0.2, -0.15) is 0 Å². The van der Waals surface area contributed by atoms with Crippen molar-refractivity contribution in [3.8, 4) is 0 Å². The number of nitrogens with one attached hydrogen (secondary N) is 1. The molecule has 1 aromatic rings. The first-order chi connectivity index (χ1) is 11.8. The molecule has 8 nitrogen and oxygen atoms in total. The van der Waals surface area contributed by atoms with Crippen molar-refractivity contribution in [3.05, 3.63) is 35.9 Å². The van der Waals surface area contributed by atoms with E-state index in [-0.39, 0.29) is 23.8 Å². The lowest BCUT2D eigenvalue weighted by Crippen LogP contribution is -2.45. The number of carbonyl (C=O) groups is 2. The van der Waals surface area contributed by atoms with Crippen molar-refractivity contribution in [1.82, 2.24) is 9.62 Å². The molecule has 136 valence electrons. The normalized spacial score (nSPS) is 18.4. The highest BCUT2D eigenvalue weighted by Gasteiger charge is 2.24. The number of nitrogens with zero attached hydrogens (tertiary/aromatic N) is 1. The molecule has 1 saturated heterocycles. The molecule has 0 spiro atoms. The van der Waals surface area contributed by atoms with Crippen molar-refractivity contribution >= 4 is 28.0 Å².